The van der Waals surface area contributed by atoms with E-state index in [1.807, 2.05) is 0 Å². The number of sulfonamides is 1. The summed E-state index contributed by atoms with van der Waals surface area (Å²) in [5.74, 6) is -0.632. The van der Waals surface area contributed by atoms with Gasteiger partial charge in [-0.05, 0) is 12.1 Å². The number of carbonyl (C=O) groups excluding carboxylic acids is 1. The Bertz CT molecular complexity index is 1020. The molecule has 0 amide bonds. The van der Waals surface area contributed by atoms with Crippen LogP contribution in [0.5, 0.6) is 11.5 Å². The second-order valence-electron chi connectivity index (χ2n) is 5.50. The summed E-state index contributed by atoms with van der Waals surface area (Å²) in [6.45, 7) is -0.684. The maximum absolute atomic E-state index is 13.2. The molecule has 0 heterocycles. The Morgan fingerprint density at radius 2 is 1.69 bits per heavy atom. The molecule has 0 bridgehead atoms. The van der Waals surface area contributed by atoms with E-state index in [1.165, 1.54) is 26.4 Å². The number of esters is 1. The Labute approximate surface area is 171 Å². The molecule has 0 aromatic heterocycles. The summed E-state index contributed by atoms with van der Waals surface area (Å²) in [6, 6.07) is 6.86. The fraction of sp³-hybridized carbons (Fsp3) is 0.235. The van der Waals surface area contributed by atoms with Gasteiger partial charge in [0.1, 0.15) is 18.0 Å². The van der Waals surface area contributed by atoms with E-state index in [1.54, 1.807) is 0 Å². The fourth-order valence-corrected chi connectivity index (χ4v) is 4.03. The van der Waals surface area contributed by atoms with Gasteiger partial charge in [-0.3, -0.25) is 19.2 Å². The lowest BCUT2D eigenvalue weighted by Crippen LogP contribution is -2.36. The second-order valence-corrected chi connectivity index (χ2v) is 7.77. The molecule has 12 heteroatoms. The van der Waals surface area contributed by atoms with Gasteiger partial charge < -0.3 is 14.2 Å². The van der Waals surface area contributed by atoms with Crippen LogP contribution in [0.15, 0.2) is 41.3 Å². The maximum atomic E-state index is 13.2. The van der Waals surface area contributed by atoms with Crippen LogP contribution in [0.25, 0.3) is 0 Å². The van der Waals surface area contributed by atoms with Crippen LogP contribution in [-0.4, -0.2) is 47.2 Å². The number of rotatable bonds is 8. The van der Waals surface area contributed by atoms with E-state index >= 15 is 0 Å². The van der Waals surface area contributed by atoms with Crippen LogP contribution in [-0.2, 0) is 19.6 Å². The van der Waals surface area contributed by atoms with Crippen LogP contribution < -0.4 is 13.8 Å². The number of methoxy groups -OCH3 is 3. The standard InChI is InChI=1S/C17H17ClN2O8S/c1-26-15-9-14(16(27-2)8-13(15)18)19(10-17(21)28-3)29(24,25)12-6-4-11(5-7-12)20(22)23/h4-9H,10H2,1-3H3. The van der Waals surface area contributed by atoms with Crippen molar-refractivity contribution in [1.29, 1.82) is 0 Å². The molecule has 0 atom stereocenters. The minimum atomic E-state index is -4.34. The normalized spacial score (nSPS) is 10.9. The zero-order valence-corrected chi connectivity index (χ0v) is 17.2. The van der Waals surface area contributed by atoms with Gasteiger partial charge in [0.2, 0.25) is 0 Å². The SMILES string of the molecule is COC(=O)CN(c1cc(OC)c(Cl)cc1OC)S(=O)(=O)c1ccc([N+](=O)[O-])cc1. The third-order valence-corrected chi connectivity index (χ3v) is 5.93. The highest BCUT2D eigenvalue weighted by Crippen LogP contribution is 2.40. The molecule has 2 aromatic carbocycles. The third-order valence-electron chi connectivity index (χ3n) is 3.86. The minimum absolute atomic E-state index is 0.0301. The molecule has 0 saturated carbocycles. The summed E-state index contributed by atoms with van der Waals surface area (Å²) in [5.41, 5.74) is -0.313. The summed E-state index contributed by atoms with van der Waals surface area (Å²) >= 11 is 6.07. The molecular formula is C17H17ClN2O8S. The van der Waals surface area contributed by atoms with Gasteiger partial charge in [0.05, 0.1) is 41.9 Å². The van der Waals surface area contributed by atoms with Gasteiger partial charge in [0.15, 0.2) is 0 Å². The maximum Gasteiger partial charge on any atom is 0.326 e. The molecule has 0 unspecified atom stereocenters. The van der Waals surface area contributed by atoms with Gasteiger partial charge >= 0.3 is 5.97 Å². The molecule has 0 aliphatic heterocycles. The zero-order chi connectivity index (χ0) is 21.8. The predicted octanol–water partition coefficient (Wildman–Crippen LogP) is 2.63. The minimum Gasteiger partial charge on any atom is -0.495 e. The predicted molar refractivity (Wildman–Crippen MR) is 104 cm³/mol. The van der Waals surface area contributed by atoms with Crippen molar-refractivity contribution in [3.05, 3.63) is 51.5 Å². The van der Waals surface area contributed by atoms with E-state index in [0.29, 0.717) is 0 Å². The number of hydrogen-bond donors (Lipinski definition) is 0. The van der Waals surface area contributed by atoms with Crippen LogP contribution in [0.1, 0.15) is 0 Å². The summed E-state index contributed by atoms with van der Waals surface area (Å²) < 4.78 is 42.2. The second kappa shape index (κ2) is 8.97. The largest absolute Gasteiger partial charge is 0.495 e. The number of hydrogen-bond acceptors (Lipinski definition) is 8. The van der Waals surface area contributed by atoms with E-state index in [9.17, 15) is 23.3 Å². The number of nitro groups is 1. The first-order valence-corrected chi connectivity index (χ1v) is 9.73. The molecule has 10 nitrogen and oxygen atoms in total. The molecule has 0 fully saturated rings. The monoisotopic (exact) mass is 444 g/mol. The number of ether oxygens (including phenoxy) is 3. The number of carbonyl (C=O) groups is 1. The first-order chi connectivity index (χ1) is 13.6. The lowest BCUT2D eigenvalue weighted by Gasteiger charge is -2.25. The van der Waals surface area contributed by atoms with E-state index in [-0.39, 0.29) is 32.8 Å². The van der Waals surface area contributed by atoms with Crippen LogP contribution >= 0.6 is 11.6 Å². The lowest BCUT2D eigenvalue weighted by atomic mass is 10.2. The molecule has 29 heavy (non-hydrogen) atoms. The highest BCUT2D eigenvalue weighted by atomic mass is 35.5. The highest BCUT2D eigenvalue weighted by Gasteiger charge is 2.31. The topological polar surface area (TPSA) is 125 Å². The van der Waals surface area contributed by atoms with Crippen LogP contribution in [0.3, 0.4) is 0 Å². The van der Waals surface area contributed by atoms with Gasteiger partial charge in [0, 0.05) is 24.3 Å². The van der Waals surface area contributed by atoms with E-state index < -0.39 is 27.5 Å². The van der Waals surface area contributed by atoms with Gasteiger partial charge in [0.25, 0.3) is 15.7 Å². The number of nitrogens with zero attached hydrogens (tertiary/aromatic N) is 2. The third kappa shape index (κ3) is 4.69. The van der Waals surface area contributed by atoms with Crippen molar-refractivity contribution in [2.45, 2.75) is 4.90 Å². The zero-order valence-electron chi connectivity index (χ0n) is 15.6. The lowest BCUT2D eigenvalue weighted by molar-refractivity contribution is -0.384. The van der Waals surface area contributed by atoms with Crippen LogP contribution in [0.2, 0.25) is 5.02 Å². The Balaban J connectivity index is 2.67. The molecule has 2 aromatic rings. The molecule has 156 valence electrons. The molecule has 0 N–H and O–H groups in total. The van der Waals surface area contributed by atoms with Gasteiger partial charge in [-0.15, -0.1) is 0 Å². The Morgan fingerprint density at radius 3 is 2.17 bits per heavy atom. The van der Waals surface area contributed by atoms with Crippen molar-refractivity contribution in [1.82, 2.24) is 0 Å². The van der Waals surface area contributed by atoms with Crippen LogP contribution in [0, 0.1) is 10.1 Å². The Kier molecular flexibility index (Phi) is 6.88. The molecule has 0 spiro atoms. The van der Waals surface area contributed by atoms with E-state index in [0.717, 1.165) is 35.7 Å². The average molecular weight is 445 g/mol. The van der Waals surface area contributed by atoms with Crippen molar-refractivity contribution in [2.24, 2.45) is 0 Å². The number of halogens is 1. The van der Waals surface area contributed by atoms with Gasteiger partial charge in [-0.2, -0.15) is 0 Å². The summed E-state index contributed by atoms with van der Waals surface area (Å²) in [7, 11) is -0.589. The van der Waals surface area contributed by atoms with Gasteiger partial charge in [-0.25, -0.2) is 8.42 Å². The summed E-state index contributed by atoms with van der Waals surface area (Å²) in [6.07, 6.45) is 0. The number of non-ortho nitro benzene ring substituents is 1. The molecule has 0 radical (unpaired) electrons. The van der Waals surface area contributed by atoms with Gasteiger partial charge in [-0.1, -0.05) is 11.6 Å². The average Bonchev–Trinajstić information content (AvgIpc) is 2.71. The Hall–Kier alpha value is -3.05. The first-order valence-electron chi connectivity index (χ1n) is 7.91. The van der Waals surface area contributed by atoms with Crippen molar-refractivity contribution < 1.29 is 32.3 Å². The van der Waals surface area contributed by atoms with Crippen molar-refractivity contribution in [3.8, 4) is 11.5 Å². The van der Waals surface area contributed by atoms with Crippen molar-refractivity contribution in [2.75, 3.05) is 32.2 Å². The number of benzene rings is 2. The molecular weight excluding hydrogens is 428 g/mol. The molecule has 0 aliphatic carbocycles. The quantitative estimate of drug-likeness (QED) is 0.345. The van der Waals surface area contributed by atoms with E-state index in [4.69, 9.17) is 21.1 Å². The van der Waals surface area contributed by atoms with Crippen molar-refractivity contribution in [3.63, 3.8) is 0 Å². The Morgan fingerprint density at radius 1 is 1.10 bits per heavy atom. The highest BCUT2D eigenvalue weighted by molar-refractivity contribution is 7.92. The summed E-state index contributed by atoms with van der Waals surface area (Å²) in [5, 5.41) is 11.0. The van der Waals surface area contributed by atoms with Crippen molar-refractivity contribution >= 4 is 39.0 Å². The number of anilines is 1. The first kappa shape index (κ1) is 22.2. The molecule has 2 rings (SSSR count). The number of nitro benzene ring substituents is 1. The molecule has 0 aliphatic rings. The smallest absolute Gasteiger partial charge is 0.326 e. The summed E-state index contributed by atoms with van der Waals surface area (Å²) in [4.78, 5) is 21.8. The fourth-order valence-electron chi connectivity index (χ4n) is 2.39. The van der Waals surface area contributed by atoms with Crippen LogP contribution in [0.4, 0.5) is 11.4 Å². The van der Waals surface area contributed by atoms with E-state index in [2.05, 4.69) is 4.74 Å². The molecule has 0 saturated heterocycles.